The van der Waals surface area contributed by atoms with E-state index in [-0.39, 0.29) is 12.5 Å². The van der Waals surface area contributed by atoms with E-state index in [0.29, 0.717) is 5.69 Å². The predicted octanol–water partition coefficient (Wildman–Crippen LogP) is 2.86. The van der Waals surface area contributed by atoms with Crippen LogP contribution in [0.5, 0.6) is 0 Å². The third kappa shape index (κ3) is 4.61. The zero-order valence-corrected chi connectivity index (χ0v) is 9.30. The Bertz CT molecular complexity index is 334. The predicted molar refractivity (Wildman–Crippen MR) is 56.1 cm³/mol. The molecular weight excluding hydrogens is 217 g/mol. The second-order valence-corrected chi connectivity index (χ2v) is 3.93. The number of hydrogen-bond donors (Lipinski definition) is 1. The minimum Gasteiger partial charge on any atom is -0.303 e. The van der Waals surface area contributed by atoms with Crippen molar-refractivity contribution in [1.82, 2.24) is 10.3 Å². The van der Waals surface area contributed by atoms with Crippen molar-refractivity contribution in [2.75, 3.05) is 6.54 Å². The molecule has 0 bridgehead atoms. The van der Waals surface area contributed by atoms with Crippen LogP contribution in [0.3, 0.4) is 0 Å². The van der Waals surface area contributed by atoms with Crippen LogP contribution in [0.15, 0.2) is 18.2 Å². The van der Waals surface area contributed by atoms with Gasteiger partial charge in [-0.05, 0) is 18.1 Å². The summed E-state index contributed by atoms with van der Waals surface area (Å²) >= 11 is 0. The Labute approximate surface area is 92.9 Å². The highest BCUT2D eigenvalue weighted by Crippen LogP contribution is 2.13. The van der Waals surface area contributed by atoms with Crippen molar-refractivity contribution < 1.29 is 13.2 Å². The highest BCUT2D eigenvalue weighted by Gasteiger charge is 2.26. The van der Waals surface area contributed by atoms with Gasteiger partial charge in [0.1, 0.15) is 0 Å². The highest BCUT2D eigenvalue weighted by molar-refractivity contribution is 5.13. The summed E-state index contributed by atoms with van der Waals surface area (Å²) in [5.74, 6) is 0.280. The minimum absolute atomic E-state index is 0.139. The van der Waals surface area contributed by atoms with Crippen LogP contribution in [-0.4, -0.2) is 17.7 Å². The van der Waals surface area contributed by atoms with E-state index in [1.165, 1.54) is 0 Å². The third-order valence-electron chi connectivity index (χ3n) is 2.05. The summed E-state index contributed by atoms with van der Waals surface area (Å²) in [7, 11) is 0. The quantitative estimate of drug-likeness (QED) is 0.863. The Balaban J connectivity index is 2.51. The lowest BCUT2D eigenvalue weighted by atomic mass is 10.1. The van der Waals surface area contributed by atoms with Crippen molar-refractivity contribution in [3.8, 4) is 0 Å². The molecule has 0 amide bonds. The molecule has 0 aliphatic rings. The number of rotatable bonds is 4. The Morgan fingerprint density at radius 2 is 2.00 bits per heavy atom. The molecule has 0 aliphatic carbocycles. The maximum absolute atomic E-state index is 11.9. The van der Waals surface area contributed by atoms with E-state index >= 15 is 0 Å². The van der Waals surface area contributed by atoms with Crippen LogP contribution in [0.2, 0.25) is 0 Å². The van der Waals surface area contributed by atoms with Gasteiger partial charge in [-0.3, -0.25) is 4.98 Å². The molecule has 0 unspecified atom stereocenters. The number of halogens is 3. The monoisotopic (exact) mass is 232 g/mol. The lowest BCUT2D eigenvalue weighted by Gasteiger charge is -2.09. The van der Waals surface area contributed by atoms with Crippen molar-refractivity contribution in [1.29, 1.82) is 0 Å². The first-order valence-corrected chi connectivity index (χ1v) is 5.12. The normalized spacial score (nSPS) is 12.1. The van der Waals surface area contributed by atoms with Crippen LogP contribution in [0.25, 0.3) is 0 Å². The molecule has 5 heteroatoms. The summed E-state index contributed by atoms with van der Waals surface area (Å²) in [6, 6.07) is 5.40. The molecule has 0 fully saturated rings. The van der Waals surface area contributed by atoms with Gasteiger partial charge >= 0.3 is 6.18 Å². The summed E-state index contributed by atoms with van der Waals surface area (Å²) in [6.07, 6.45) is -4.17. The molecule has 0 saturated carbocycles. The average molecular weight is 232 g/mol. The van der Waals surface area contributed by atoms with E-state index in [4.69, 9.17) is 0 Å². The van der Waals surface area contributed by atoms with Crippen LogP contribution in [-0.2, 0) is 6.54 Å². The molecule has 1 aromatic rings. The standard InChI is InChI=1S/C11H15F3N2/c1-8(2)10-5-3-4-9(16-10)6-15-7-11(12,13)14/h3-5,8,15H,6-7H2,1-2H3. The Kier molecular flexibility index (Phi) is 4.29. The minimum atomic E-state index is -4.17. The number of aromatic nitrogens is 1. The first-order chi connectivity index (χ1) is 7.38. The maximum Gasteiger partial charge on any atom is 0.401 e. The fourth-order valence-corrected chi connectivity index (χ4v) is 1.25. The van der Waals surface area contributed by atoms with Crippen molar-refractivity contribution in [2.24, 2.45) is 0 Å². The van der Waals surface area contributed by atoms with Crippen molar-refractivity contribution in [3.63, 3.8) is 0 Å². The van der Waals surface area contributed by atoms with Gasteiger partial charge in [-0.25, -0.2) is 0 Å². The SMILES string of the molecule is CC(C)c1cccc(CNCC(F)(F)F)n1. The number of hydrogen-bond acceptors (Lipinski definition) is 2. The van der Waals surface area contributed by atoms with Crippen LogP contribution >= 0.6 is 0 Å². The topological polar surface area (TPSA) is 24.9 Å². The van der Waals surface area contributed by atoms with E-state index in [1.54, 1.807) is 6.07 Å². The zero-order valence-electron chi connectivity index (χ0n) is 9.30. The van der Waals surface area contributed by atoms with E-state index in [2.05, 4.69) is 10.3 Å². The molecule has 1 N–H and O–H groups in total. The highest BCUT2D eigenvalue weighted by atomic mass is 19.4. The first kappa shape index (κ1) is 13.0. The van der Waals surface area contributed by atoms with Crippen LogP contribution in [0, 0.1) is 0 Å². The van der Waals surface area contributed by atoms with Gasteiger partial charge < -0.3 is 5.32 Å². The molecule has 1 rings (SSSR count). The van der Waals surface area contributed by atoms with Gasteiger partial charge in [0.25, 0.3) is 0 Å². The third-order valence-corrected chi connectivity index (χ3v) is 2.05. The molecule has 0 aromatic carbocycles. The molecule has 0 spiro atoms. The van der Waals surface area contributed by atoms with E-state index < -0.39 is 12.7 Å². The van der Waals surface area contributed by atoms with Gasteiger partial charge in [0.2, 0.25) is 0 Å². The Morgan fingerprint density at radius 1 is 1.31 bits per heavy atom. The smallest absolute Gasteiger partial charge is 0.303 e. The van der Waals surface area contributed by atoms with Gasteiger partial charge in [-0.1, -0.05) is 19.9 Å². The summed E-state index contributed by atoms with van der Waals surface area (Å²) < 4.78 is 35.6. The summed E-state index contributed by atoms with van der Waals surface area (Å²) in [4.78, 5) is 4.26. The van der Waals surface area contributed by atoms with Crippen LogP contribution in [0.4, 0.5) is 13.2 Å². The number of pyridine rings is 1. The zero-order chi connectivity index (χ0) is 12.2. The molecule has 2 nitrogen and oxygen atoms in total. The lowest BCUT2D eigenvalue weighted by Crippen LogP contribution is -2.28. The van der Waals surface area contributed by atoms with Crippen LogP contribution in [0.1, 0.15) is 31.2 Å². The number of nitrogens with zero attached hydrogens (tertiary/aromatic N) is 1. The van der Waals surface area contributed by atoms with Crippen molar-refractivity contribution in [2.45, 2.75) is 32.5 Å². The summed E-state index contributed by atoms with van der Waals surface area (Å²) in [6.45, 7) is 3.14. The molecule has 0 saturated heterocycles. The Morgan fingerprint density at radius 3 is 2.56 bits per heavy atom. The van der Waals surface area contributed by atoms with Crippen molar-refractivity contribution >= 4 is 0 Å². The second-order valence-electron chi connectivity index (χ2n) is 3.93. The first-order valence-electron chi connectivity index (χ1n) is 5.12. The van der Waals surface area contributed by atoms with Gasteiger partial charge in [0.05, 0.1) is 12.2 Å². The van der Waals surface area contributed by atoms with Gasteiger partial charge in [0, 0.05) is 12.2 Å². The molecule has 16 heavy (non-hydrogen) atoms. The van der Waals surface area contributed by atoms with Gasteiger partial charge in [-0.15, -0.1) is 0 Å². The van der Waals surface area contributed by atoms with E-state index in [0.717, 1.165) is 5.69 Å². The lowest BCUT2D eigenvalue weighted by molar-refractivity contribution is -0.125. The van der Waals surface area contributed by atoms with E-state index in [9.17, 15) is 13.2 Å². The molecule has 0 atom stereocenters. The van der Waals surface area contributed by atoms with E-state index in [1.807, 2.05) is 26.0 Å². The molecule has 1 heterocycles. The number of nitrogens with one attached hydrogen (secondary N) is 1. The fourth-order valence-electron chi connectivity index (χ4n) is 1.25. The summed E-state index contributed by atoms with van der Waals surface area (Å²) in [5.41, 5.74) is 1.53. The second kappa shape index (κ2) is 5.30. The molecule has 0 radical (unpaired) electrons. The number of alkyl halides is 3. The molecule has 1 aromatic heterocycles. The van der Waals surface area contributed by atoms with Gasteiger partial charge in [0.15, 0.2) is 0 Å². The molecule has 0 aliphatic heterocycles. The van der Waals surface area contributed by atoms with Crippen LogP contribution < -0.4 is 5.32 Å². The van der Waals surface area contributed by atoms with Crippen molar-refractivity contribution in [3.05, 3.63) is 29.6 Å². The average Bonchev–Trinajstić information content (AvgIpc) is 2.16. The Hall–Kier alpha value is -1.10. The largest absolute Gasteiger partial charge is 0.401 e. The summed E-state index contributed by atoms with van der Waals surface area (Å²) in [5, 5.41) is 2.32. The van der Waals surface area contributed by atoms with Gasteiger partial charge in [-0.2, -0.15) is 13.2 Å². The molecule has 90 valence electrons. The maximum atomic E-state index is 11.9. The fraction of sp³-hybridized carbons (Fsp3) is 0.545. The molecular formula is C11H15F3N2.